The molecule has 1 N–H and O–H groups in total. The van der Waals surface area contributed by atoms with Crippen molar-refractivity contribution in [3.8, 4) is 0 Å². The number of nitrogens with one attached hydrogen (secondary N) is 1. The highest BCUT2D eigenvalue weighted by Crippen LogP contribution is 2.54. The summed E-state index contributed by atoms with van der Waals surface area (Å²) >= 11 is 0. The standard InChI is InChI=1S/C24H23F6NO2/c1-15(16-9-18(23(25,26)27)11-19(10-16)24(28,29)30)33-14-21(17-5-3-2-4-6-17)12-22(13-21)8-7-20(32)31-22/h2-6,9-11,15H,7-8,12-14H2,1H3,(H,31,32). The topological polar surface area (TPSA) is 38.3 Å². The van der Waals surface area contributed by atoms with Crippen LogP contribution < -0.4 is 5.32 Å². The number of amides is 1. The van der Waals surface area contributed by atoms with E-state index in [0.717, 1.165) is 5.56 Å². The van der Waals surface area contributed by atoms with Gasteiger partial charge in [0.25, 0.3) is 0 Å². The molecule has 0 aromatic heterocycles. The van der Waals surface area contributed by atoms with Crippen molar-refractivity contribution in [2.45, 2.75) is 62.0 Å². The third-order valence-corrected chi connectivity index (χ3v) is 6.66. The zero-order chi connectivity index (χ0) is 24.1. The molecule has 9 heteroatoms. The number of alkyl halides is 6. The minimum absolute atomic E-state index is 0.0189. The summed E-state index contributed by atoms with van der Waals surface area (Å²) in [6.45, 7) is 1.55. The molecular formula is C24H23F6NO2. The van der Waals surface area contributed by atoms with Gasteiger partial charge in [-0.15, -0.1) is 0 Å². The molecular weight excluding hydrogens is 448 g/mol. The predicted molar refractivity (Wildman–Crippen MR) is 108 cm³/mol. The quantitative estimate of drug-likeness (QED) is 0.529. The van der Waals surface area contributed by atoms with Crippen LogP contribution in [0.4, 0.5) is 26.3 Å². The number of rotatable bonds is 5. The molecule has 2 aliphatic rings. The molecule has 1 spiro atoms. The fraction of sp³-hybridized carbons (Fsp3) is 0.458. The summed E-state index contributed by atoms with van der Waals surface area (Å²) in [4.78, 5) is 11.7. The average molecular weight is 471 g/mol. The molecule has 1 saturated carbocycles. The van der Waals surface area contributed by atoms with Crippen LogP contribution in [0.2, 0.25) is 0 Å². The van der Waals surface area contributed by atoms with Crippen molar-refractivity contribution in [2.24, 2.45) is 0 Å². The second kappa shape index (κ2) is 8.04. The maximum absolute atomic E-state index is 13.2. The Morgan fingerprint density at radius 2 is 1.55 bits per heavy atom. The zero-order valence-electron chi connectivity index (χ0n) is 17.8. The maximum Gasteiger partial charge on any atom is 0.416 e. The second-order valence-electron chi connectivity index (χ2n) is 9.12. The Kier molecular flexibility index (Phi) is 5.75. The van der Waals surface area contributed by atoms with Gasteiger partial charge in [-0.05, 0) is 55.5 Å². The van der Waals surface area contributed by atoms with Gasteiger partial charge in [-0.25, -0.2) is 0 Å². The van der Waals surface area contributed by atoms with Gasteiger partial charge in [-0.3, -0.25) is 4.79 Å². The SMILES string of the molecule is CC(OCC1(c2ccccc2)CC2(CCC(=O)N2)C1)c1cc(C(F)(F)F)cc(C(F)(F)F)c1. The molecule has 0 radical (unpaired) electrons. The Labute approximate surface area is 187 Å². The van der Waals surface area contributed by atoms with E-state index >= 15 is 0 Å². The summed E-state index contributed by atoms with van der Waals surface area (Å²) in [6.07, 6.45) is -8.50. The van der Waals surface area contributed by atoms with Gasteiger partial charge in [0.1, 0.15) is 0 Å². The molecule has 1 amide bonds. The van der Waals surface area contributed by atoms with Crippen molar-refractivity contribution in [2.75, 3.05) is 6.61 Å². The van der Waals surface area contributed by atoms with E-state index in [0.29, 0.717) is 37.8 Å². The van der Waals surface area contributed by atoms with Crippen LogP contribution >= 0.6 is 0 Å². The van der Waals surface area contributed by atoms with Gasteiger partial charge in [0, 0.05) is 17.4 Å². The van der Waals surface area contributed by atoms with Crippen LogP contribution in [0.1, 0.15) is 61.0 Å². The summed E-state index contributed by atoms with van der Waals surface area (Å²) in [6, 6.07) is 10.9. The number of carbonyl (C=O) groups is 1. The lowest BCUT2D eigenvalue weighted by Gasteiger charge is -2.55. The summed E-state index contributed by atoms with van der Waals surface area (Å²) in [5.74, 6) is -0.0189. The van der Waals surface area contributed by atoms with Gasteiger partial charge in [-0.1, -0.05) is 30.3 Å². The fourth-order valence-corrected chi connectivity index (χ4v) is 5.06. The van der Waals surface area contributed by atoms with Crippen molar-refractivity contribution < 1.29 is 35.9 Å². The Morgan fingerprint density at radius 1 is 0.970 bits per heavy atom. The molecule has 1 heterocycles. The fourth-order valence-electron chi connectivity index (χ4n) is 5.06. The first-order valence-corrected chi connectivity index (χ1v) is 10.6. The molecule has 1 unspecified atom stereocenters. The normalized spacial score (nSPS) is 26.2. The van der Waals surface area contributed by atoms with Crippen molar-refractivity contribution >= 4 is 5.91 Å². The summed E-state index contributed by atoms with van der Waals surface area (Å²) < 4.78 is 85.2. The molecule has 2 aromatic carbocycles. The number of ether oxygens (including phenoxy) is 1. The monoisotopic (exact) mass is 471 g/mol. The van der Waals surface area contributed by atoms with Crippen molar-refractivity contribution in [3.05, 3.63) is 70.8 Å². The summed E-state index contributed by atoms with van der Waals surface area (Å²) in [5, 5.41) is 3.01. The highest BCUT2D eigenvalue weighted by Gasteiger charge is 2.58. The lowest BCUT2D eigenvalue weighted by atomic mass is 9.54. The van der Waals surface area contributed by atoms with Gasteiger partial charge in [0.2, 0.25) is 5.91 Å². The van der Waals surface area contributed by atoms with Crippen molar-refractivity contribution in [3.63, 3.8) is 0 Å². The largest absolute Gasteiger partial charge is 0.416 e. The highest BCUT2D eigenvalue weighted by atomic mass is 19.4. The third kappa shape index (κ3) is 4.74. The van der Waals surface area contributed by atoms with E-state index in [2.05, 4.69) is 5.32 Å². The molecule has 33 heavy (non-hydrogen) atoms. The molecule has 2 aromatic rings. The molecule has 178 valence electrons. The molecule has 0 bridgehead atoms. The minimum Gasteiger partial charge on any atom is -0.373 e. The Hall–Kier alpha value is -2.55. The van der Waals surface area contributed by atoms with Crippen LogP contribution in [0.3, 0.4) is 0 Å². The van der Waals surface area contributed by atoms with E-state index < -0.39 is 35.0 Å². The van der Waals surface area contributed by atoms with Gasteiger partial charge in [0.05, 0.1) is 23.8 Å². The lowest BCUT2D eigenvalue weighted by molar-refractivity contribution is -0.143. The first-order chi connectivity index (χ1) is 15.3. The molecule has 2 fully saturated rings. The van der Waals surface area contributed by atoms with Gasteiger partial charge >= 0.3 is 12.4 Å². The summed E-state index contributed by atoms with van der Waals surface area (Å²) in [5.41, 5.74) is -2.78. The molecule has 1 saturated heterocycles. The highest BCUT2D eigenvalue weighted by molar-refractivity contribution is 5.80. The van der Waals surface area contributed by atoms with Crippen LogP contribution in [0.5, 0.6) is 0 Å². The lowest BCUT2D eigenvalue weighted by Crippen LogP contribution is -2.62. The Bertz CT molecular complexity index is 993. The molecule has 1 aliphatic carbocycles. The van der Waals surface area contributed by atoms with Crippen molar-refractivity contribution in [1.82, 2.24) is 5.32 Å². The third-order valence-electron chi connectivity index (χ3n) is 6.66. The van der Waals surface area contributed by atoms with Crippen LogP contribution in [-0.4, -0.2) is 18.1 Å². The van der Waals surface area contributed by atoms with E-state index in [-0.39, 0.29) is 29.7 Å². The van der Waals surface area contributed by atoms with Gasteiger partial charge in [0.15, 0.2) is 0 Å². The predicted octanol–water partition coefficient (Wildman–Crippen LogP) is 6.18. The first kappa shape index (κ1) is 23.6. The smallest absolute Gasteiger partial charge is 0.373 e. The van der Waals surface area contributed by atoms with E-state index in [4.69, 9.17) is 4.74 Å². The molecule has 3 nitrogen and oxygen atoms in total. The number of carbonyl (C=O) groups excluding carboxylic acids is 1. The van der Waals surface area contributed by atoms with E-state index in [1.165, 1.54) is 6.92 Å². The van der Waals surface area contributed by atoms with E-state index in [1.807, 2.05) is 30.3 Å². The maximum atomic E-state index is 13.2. The Morgan fingerprint density at radius 3 is 2.03 bits per heavy atom. The van der Waals surface area contributed by atoms with Gasteiger partial charge < -0.3 is 10.1 Å². The summed E-state index contributed by atoms with van der Waals surface area (Å²) in [7, 11) is 0. The number of hydrogen-bond acceptors (Lipinski definition) is 2. The number of halogens is 6. The van der Waals surface area contributed by atoms with Crippen LogP contribution in [0.25, 0.3) is 0 Å². The second-order valence-corrected chi connectivity index (χ2v) is 9.12. The molecule has 1 aliphatic heterocycles. The first-order valence-electron chi connectivity index (χ1n) is 10.6. The van der Waals surface area contributed by atoms with Gasteiger partial charge in [-0.2, -0.15) is 26.3 Å². The molecule has 1 atom stereocenters. The molecule has 4 rings (SSSR count). The zero-order valence-corrected chi connectivity index (χ0v) is 17.8. The average Bonchev–Trinajstić information content (AvgIpc) is 3.11. The number of hydrogen-bond donors (Lipinski definition) is 1. The minimum atomic E-state index is -4.91. The number of benzene rings is 2. The van der Waals surface area contributed by atoms with Crippen LogP contribution in [0, 0.1) is 0 Å². The Balaban J connectivity index is 1.57. The van der Waals surface area contributed by atoms with E-state index in [1.54, 1.807) is 0 Å². The van der Waals surface area contributed by atoms with Crippen LogP contribution in [-0.2, 0) is 27.3 Å². The van der Waals surface area contributed by atoms with Crippen molar-refractivity contribution in [1.29, 1.82) is 0 Å². The van der Waals surface area contributed by atoms with E-state index in [9.17, 15) is 31.1 Å². The van der Waals surface area contributed by atoms with Crippen LogP contribution in [0.15, 0.2) is 48.5 Å².